The van der Waals surface area contributed by atoms with Crippen LogP contribution >= 0.6 is 0 Å². The quantitative estimate of drug-likeness (QED) is 0.492. The van der Waals surface area contributed by atoms with Gasteiger partial charge in [0.1, 0.15) is 11.3 Å². The SMILES string of the molecule is O=c1cc(-c2ccccn2)oc2c1ccc1ccccc12. The van der Waals surface area contributed by atoms with E-state index in [0.29, 0.717) is 22.4 Å². The zero-order chi connectivity index (χ0) is 14.2. The van der Waals surface area contributed by atoms with Crippen molar-refractivity contribution in [3.05, 3.63) is 77.1 Å². The second-order valence-electron chi connectivity index (χ2n) is 4.85. The number of benzene rings is 2. The van der Waals surface area contributed by atoms with Crippen molar-refractivity contribution in [1.29, 1.82) is 0 Å². The normalized spacial score (nSPS) is 11.0. The predicted octanol–water partition coefficient (Wildman–Crippen LogP) is 4.01. The molecule has 2 aromatic carbocycles. The topological polar surface area (TPSA) is 43.1 Å². The van der Waals surface area contributed by atoms with Crippen molar-refractivity contribution in [2.24, 2.45) is 0 Å². The smallest absolute Gasteiger partial charge is 0.193 e. The molecule has 3 nitrogen and oxygen atoms in total. The first-order chi connectivity index (χ1) is 10.3. The Morgan fingerprint density at radius 2 is 1.71 bits per heavy atom. The van der Waals surface area contributed by atoms with Gasteiger partial charge in [-0.3, -0.25) is 9.78 Å². The Morgan fingerprint density at radius 3 is 2.57 bits per heavy atom. The highest BCUT2D eigenvalue weighted by molar-refractivity contribution is 6.04. The zero-order valence-corrected chi connectivity index (χ0v) is 11.1. The lowest BCUT2D eigenvalue weighted by molar-refractivity contribution is 0.619. The van der Waals surface area contributed by atoms with E-state index in [0.717, 1.165) is 10.8 Å². The highest BCUT2D eigenvalue weighted by Crippen LogP contribution is 2.26. The van der Waals surface area contributed by atoms with E-state index in [2.05, 4.69) is 4.98 Å². The van der Waals surface area contributed by atoms with Gasteiger partial charge in [-0.05, 0) is 23.6 Å². The van der Waals surface area contributed by atoms with E-state index in [9.17, 15) is 4.79 Å². The summed E-state index contributed by atoms with van der Waals surface area (Å²) in [4.78, 5) is 16.6. The van der Waals surface area contributed by atoms with Crippen molar-refractivity contribution in [2.75, 3.05) is 0 Å². The molecule has 0 aliphatic carbocycles. The van der Waals surface area contributed by atoms with Crippen LogP contribution in [0.15, 0.2) is 76.1 Å². The summed E-state index contributed by atoms with van der Waals surface area (Å²) in [6.07, 6.45) is 1.68. The minimum Gasteiger partial charge on any atom is -0.454 e. The van der Waals surface area contributed by atoms with Gasteiger partial charge in [0, 0.05) is 17.6 Å². The molecule has 0 unspecified atom stereocenters. The van der Waals surface area contributed by atoms with Crippen LogP contribution in [-0.4, -0.2) is 4.98 Å². The number of fused-ring (bicyclic) bond motifs is 3. The summed E-state index contributed by atoms with van der Waals surface area (Å²) in [5.41, 5.74) is 1.22. The molecule has 0 atom stereocenters. The fourth-order valence-electron chi connectivity index (χ4n) is 2.52. The average Bonchev–Trinajstić information content (AvgIpc) is 2.55. The van der Waals surface area contributed by atoms with E-state index in [-0.39, 0.29) is 5.43 Å². The second kappa shape index (κ2) is 4.56. The molecule has 4 rings (SSSR count). The van der Waals surface area contributed by atoms with Gasteiger partial charge in [0.25, 0.3) is 0 Å². The van der Waals surface area contributed by atoms with Gasteiger partial charge in [-0.1, -0.05) is 36.4 Å². The molecular formula is C18H11NO2. The Morgan fingerprint density at radius 1 is 0.857 bits per heavy atom. The van der Waals surface area contributed by atoms with Crippen LogP contribution in [-0.2, 0) is 0 Å². The van der Waals surface area contributed by atoms with E-state index in [4.69, 9.17) is 4.42 Å². The van der Waals surface area contributed by atoms with Gasteiger partial charge in [-0.25, -0.2) is 0 Å². The summed E-state index contributed by atoms with van der Waals surface area (Å²) >= 11 is 0. The lowest BCUT2D eigenvalue weighted by Crippen LogP contribution is -2.01. The first-order valence-corrected chi connectivity index (χ1v) is 6.70. The molecule has 2 heterocycles. The van der Waals surface area contributed by atoms with Crippen molar-refractivity contribution in [2.45, 2.75) is 0 Å². The van der Waals surface area contributed by atoms with Crippen molar-refractivity contribution < 1.29 is 4.42 Å². The third-order valence-electron chi connectivity index (χ3n) is 3.54. The molecule has 0 saturated carbocycles. The van der Waals surface area contributed by atoms with Crippen LogP contribution < -0.4 is 5.43 Å². The maximum Gasteiger partial charge on any atom is 0.193 e. The van der Waals surface area contributed by atoms with Crippen LogP contribution in [0.4, 0.5) is 0 Å². The van der Waals surface area contributed by atoms with E-state index in [1.54, 1.807) is 6.20 Å². The first-order valence-electron chi connectivity index (χ1n) is 6.70. The van der Waals surface area contributed by atoms with Gasteiger partial charge in [0.15, 0.2) is 11.2 Å². The molecule has 0 aliphatic heterocycles. The zero-order valence-electron chi connectivity index (χ0n) is 11.1. The monoisotopic (exact) mass is 273 g/mol. The van der Waals surface area contributed by atoms with Crippen LogP contribution in [0, 0.1) is 0 Å². The van der Waals surface area contributed by atoms with E-state index in [1.165, 1.54) is 6.07 Å². The molecule has 2 aromatic heterocycles. The molecule has 0 saturated heterocycles. The highest BCUT2D eigenvalue weighted by Gasteiger charge is 2.10. The Labute approximate surface area is 120 Å². The van der Waals surface area contributed by atoms with Crippen molar-refractivity contribution >= 4 is 21.7 Å². The van der Waals surface area contributed by atoms with Crippen LogP contribution in [0.3, 0.4) is 0 Å². The molecule has 4 aromatic rings. The predicted molar refractivity (Wildman–Crippen MR) is 83.2 cm³/mol. The average molecular weight is 273 g/mol. The molecular weight excluding hydrogens is 262 g/mol. The lowest BCUT2D eigenvalue weighted by atomic mass is 10.1. The molecule has 0 spiro atoms. The summed E-state index contributed by atoms with van der Waals surface area (Å²) in [5, 5.41) is 2.57. The molecule has 3 heteroatoms. The fourth-order valence-corrected chi connectivity index (χ4v) is 2.52. The summed E-state index contributed by atoms with van der Waals surface area (Å²) in [6.45, 7) is 0. The largest absolute Gasteiger partial charge is 0.454 e. The summed E-state index contributed by atoms with van der Waals surface area (Å²) in [5.74, 6) is 0.490. The van der Waals surface area contributed by atoms with Crippen molar-refractivity contribution in [3.63, 3.8) is 0 Å². The van der Waals surface area contributed by atoms with E-state index >= 15 is 0 Å². The maximum atomic E-state index is 12.3. The standard InChI is InChI=1S/C18H11NO2/c20-16-11-17(15-7-3-4-10-19-15)21-18-13-6-2-1-5-12(13)8-9-14(16)18/h1-11H. The van der Waals surface area contributed by atoms with Gasteiger partial charge in [-0.2, -0.15) is 0 Å². The van der Waals surface area contributed by atoms with Crippen LogP contribution in [0.2, 0.25) is 0 Å². The summed E-state index contributed by atoms with van der Waals surface area (Å²) < 4.78 is 5.98. The Kier molecular flexibility index (Phi) is 2.57. The molecule has 0 aliphatic rings. The van der Waals surface area contributed by atoms with Crippen LogP contribution in [0.5, 0.6) is 0 Å². The molecule has 0 fully saturated rings. The van der Waals surface area contributed by atoms with Crippen molar-refractivity contribution in [1.82, 2.24) is 4.98 Å². The third kappa shape index (κ3) is 1.91. The van der Waals surface area contributed by atoms with Crippen LogP contribution in [0.25, 0.3) is 33.2 Å². The minimum absolute atomic E-state index is 0.0531. The second-order valence-corrected chi connectivity index (χ2v) is 4.85. The number of pyridine rings is 1. The molecule has 0 bridgehead atoms. The summed E-state index contributed by atoms with van der Waals surface area (Å²) in [7, 11) is 0. The van der Waals surface area contributed by atoms with Gasteiger partial charge in [0.05, 0.1) is 5.39 Å². The number of hydrogen-bond acceptors (Lipinski definition) is 3. The van der Waals surface area contributed by atoms with Gasteiger partial charge < -0.3 is 4.42 Å². The molecule has 0 radical (unpaired) electrons. The fraction of sp³-hybridized carbons (Fsp3) is 0. The van der Waals surface area contributed by atoms with E-state index < -0.39 is 0 Å². The van der Waals surface area contributed by atoms with Gasteiger partial charge >= 0.3 is 0 Å². The van der Waals surface area contributed by atoms with E-state index in [1.807, 2.05) is 54.6 Å². The molecule has 21 heavy (non-hydrogen) atoms. The molecule has 0 N–H and O–H groups in total. The third-order valence-corrected chi connectivity index (χ3v) is 3.54. The first kappa shape index (κ1) is 11.9. The minimum atomic E-state index is -0.0531. The number of rotatable bonds is 1. The maximum absolute atomic E-state index is 12.3. The molecule has 100 valence electrons. The Bertz CT molecular complexity index is 1000. The Balaban J connectivity index is 2.13. The van der Waals surface area contributed by atoms with Gasteiger partial charge in [-0.15, -0.1) is 0 Å². The number of aromatic nitrogens is 1. The van der Waals surface area contributed by atoms with Crippen molar-refractivity contribution in [3.8, 4) is 11.5 Å². The summed E-state index contributed by atoms with van der Waals surface area (Å²) in [6, 6.07) is 18.7. The van der Waals surface area contributed by atoms with Crippen LogP contribution in [0.1, 0.15) is 0 Å². The lowest BCUT2D eigenvalue weighted by Gasteiger charge is -2.05. The Hall–Kier alpha value is -2.94. The van der Waals surface area contributed by atoms with Gasteiger partial charge in [0.2, 0.25) is 0 Å². The highest BCUT2D eigenvalue weighted by atomic mass is 16.3. The number of nitrogens with zero attached hydrogens (tertiary/aromatic N) is 1. The molecule has 0 amide bonds. The number of hydrogen-bond donors (Lipinski definition) is 0.